The fourth-order valence-corrected chi connectivity index (χ4v) is 1.76. The van der Waals surface area contributed by atoms with Crippen LogP contribution in [-0.4, -0.2) is 18.1 Å². The molecule has 3 N–H and O–H groups in total. The number of halogens is 1. The van der Waals surface area contributed by atoms with Crippen LogP contribution in [0, 0.1) is 5.82 Å². The minimum absolute atomic E-state index is 0.0795. The fraction of sp³-hybridized carbons (Fsp3) is 0.0714. The monoisotopic (exact) mass is 261 g/mol. The molecule has 5 heteroatoms. The number of phenolic OH excluding ortho intramolecular Hbond substituents is 1. The summed E-state index contributed by atoms with van der Waals surface area (Å²) in [5, 5.41) is 9.88. The number of primary amides is 1. The van der Waals surface area contributed by atoms with Crippen LogP contribution in [-0.2, 0) is 0 Å². The highest BCUT2D eigenvalue weighted by molar-refractivity contribution is 5.94. The van der Waals surface area contributed by atoms with Gasteiger partial charge in [-0.1, -0.05) is 6.07 Å². The summed E-state index contributed by atoms with van der Waals surface area (Å²) in [5.74, 6) is -1.14. The van der Waals surface area contributed by atoms with Crippen LogP contribution in [0.4, 0.5) is 4.39 Å². The second-order valence-electron chi connectivity index (χ2n) is 3.95. The summed E-state index contributed by atoms with van der Waals surface area (Å²) in [4.78, 5) is 11.0. The number of carbonyl (C=O) groups excluding carboxylic acids is 1. The third kappa shape index (κ3) is 2.49. The lowest BCUT2D eigenvalue weighted by atomic mass is 10.0. The molecule has 0 bridgehead atoms. The summed E-state index contributed by atoms with van der Waals surface area (Å²) >= 11 is 0. The Kier molecular flexibility index (Phi) is 3.37. The van der Waals surface area contributed by atoms with Crippen molar-refractivity contribution in [1.29, 1.82) is 0 Å². The largest absolute Gasteiger partial charge is 0.507 e. The van der Waals surface area contributed by atoms with Crippen molar-refractivity contribution in [2.75, 3.05) is 7.11 Å². The van der Waals surface area contributed by atoms with Gasteiger partial charge in [-0.15, -0.1) is 0 Å². The van der Waals surface area contributed by atoms with Gasteiger partial charge >= 0.3 is 0 Å². The number of phenols is 1. The van der Waals surface area contributed by atoms with E-state index < -0.39 is 11.7 Å². The van der Waals surface area contributed by atoms with E-state index in [1.54, 1.807) is 6.07 Å². The van der Waals surface area contributed by atoms with Gasteiger partial charge in [0.15, 0.2) is 11.6 Å². The van der Waals surface area contributed by atoms with Crippen molar-refractivity contribution in [3.8, 4) is 22.6 Å². The SMILES string of the molecule is COc1cc(-c2ccc(C(N)=O)cc2O)ccc1F. The normalized spacial score (nSPS) is 10.2. The zero-order valence-corrected chi connectivity index (χ0v) is 10.2. The molecule has 19 heavy (non-hydrogen) atoms. The molecule has 2 aromatic rings. The Hall–Kier alpha value is -2.56. The van der Waals surface area contributed by atoms with Gasteiger partial charge in [0.05, 0.1) is 7.11 Å². The second-order valence-corrected chi connectivity index (χ2v) is 3.95. The third-order valence-electron chi connectivity index (χ3n) is 2.74. The fourth-order valence-electron chi connectivity index (χ4n) is 1.76. The Morgan fingerprint density at radius 1 is 1.26 bits per heavy atom. The molecule has 0 atom stereocenters. The van der Waals surface area contributed by atoms with E-state index in [1.165, 1.54) is 37.4 Å². The molecular formula is C14H12FNO3. The van der Waals surface area contributed by atoms with E-state index in [2.05, 4.69) is 0 Å². The van der Waals surface area contributed by atoms with Crippen molar-refractivity contribution in [3.05, 3.63) is 47.8 Å². The molecule has 1 amide bonds. The number of methoxy groups -OCH3 is 1. The topological polar surface area (TPSA) is 72.5 Å². The molecule has 4 nitrogen and oxygen atoms in total. The van der Waals surface area contributed by atoms with Crippen LogP contribution < -0.4 is 10.5 Å². The van der Waals surface area contributed by atoms with Crippen molar-refractivity contribution in [2.45, 2.75) is 0 Å². The molecule has 0 aromatic heterocycles. The van der Waals surface area contributed by atoms with Crippen LogP contribution in [0.3, 0.4) is 0 Å². The van der Waals surface area contributed by atoms with Crippen molar-refractivity contribution in [3.63, 3.8) is 0 Å². The molecule has 2 rings (SSSR count). The van der Waals surface area contributed by atoms with E-state index in [4.69, 9.17) is 10.5 Å². The van der Waals surface area contributed by atoms with Crippen molar-refractivity contribution in [2.24, 2.45) is 5.73 Å². The lowest BCUT2D eigenvalue weighted by Gasteiger charge is -2.08. The van der Waals surface area contributed by atoms with Crippen molar-refractivity contribution >= 4 is 5.91 Å². The lowest BCUT2D eigenvalue weighted by Crippen LogP contribution is -2.10. The molecule has 0 aliphatic rings. The van der Waals surface area contributed by atoms with Gasteiger partial charge < -0.3 is 15.6 Å². The Balaban J connectivity index is 2.50. The molecule has 0 aliphatic heterocycles. The van der Waals surface area contributed by atoms with E-state index in [9.17, 15) is 14.3 Å². The first-order valence-electron chi connectivity index (χ1n) is 5.49. The summed E-state index contributed by atoms with van der Waals surface area (Å²) in [7, 11) is 1.36. The average molecular weight is 261 g/mol. The molecule has 0 fully saturated rings. The average Bonchev–Trinajstić information content (AvgIpc) is 2.39. The summed E-state index contributed by atoms with van der Waals surface area (Å²) in [6.07, 6.45) is 0. The third-order valence-corrected chi connectivity index (χ3v) is 2.74. The molecule has 98 valence electrons. The van der Waals surface area contributed by atoms with Crippen LogP contribution in [0.5, 0.6) is 11.5 Å². The number of aromatic hydroxyl groups is 1. The molecule has 0 radical (unpaired) electrons. The van der Waals surface area contributed by atoms with Crippen LogP contribution in [0.15, 0.2) is 36.4 Å². The zero-order chi connectivity index (χ0) is 14.0. The number of carbonyl (C=O) groups is 1. The predicted octanol–water partition coefficient (Wildman–Crippen LogP) is 2.31. The highest BCUT2D eigenvalue weighted by atomic mass is 19.1. The highest BCUT2D eigenvalue weighted by Crippen LogP contribution is 2.32. The quantitative estimate of drug-likeness (QED) is 0.890. The molecule has 0 saturated carbocycles. The number of hydrogen-bond acceptors (Lipinski definition) is 3. The Morgan fingerprint density at radius 2 is 2.00 bits per heavy atom. The minimum atomic E-state index is -0.626. The van der Waals surface area contributed by atoms with Gasteiger partial charge in [0.2, 0.25) is 5.91 Å². The minimum Gasteiger partial charge on any atom is -0.507 e. The van der Waals surface area contributed by atoms with E-state index in [0.717, 1.165) is 0 Å². The van der Waals surface area contributed by atoms with Crippen molar-refractivity contribution < 1.29 is 19.0 Å². The Morgan fingerprint density at radius 3 is 2.58 bits per heavy atom. The van der Waals surface area contributed by atoms with Gasteiger partial charge in [-0.25, -0.2) is 4.39 Å². The smallest absolute Gasteiger partial charge is 0.248 e. The zero-order valence-electron chi connectivity index (χ0n) is 10.2. The van der Waals surface area contributed by atoms with Crippen LogP contribution in [0.1, 0.15) is 10.4 Å². The van der Waals surface area contributed by atoms with Crippen LogP contribution in [0.25, 0.3) is 11.1 Å². The van der Waals surface area contributed by atoms with Crippen molar-refractivity contribution in [1.82, 2.24) is 0 Å². The first-order valence-corrected chi connectivity index (χ1v) is 5.49. The number of amides is 1. The van der Waals surface area contributed by atoms with Crippen LogP contribution >= 0.6 is 0 Å². The number of hydrogen-bond donors (Lipinski definition) is 2. The van der Waals surface area contributed by atoms with E-state index in [-0.39, 0.29) is 17.1 Å². The number of rotatable bonds is 3. The van der Waals surface area contributed by atoms with Gasteiger partial charge in [0.25, 0.3) is 0 Å². The summed E-state index contributed by atoms with van der Waals surface area (Å²) in [6, 6.07) is 8.53. The Bertz CT molecular complexity index is 641. The summed E-state index contributed by atoms with van der Waals surface area (Å²) < 4.78 is 18.2. The standard InChI is InChI=1S/C14H12FNO3/c1-19-13-7-8(3-5-11(13)15)10-4-2-9(14(16)18)6-12(10)17/h2-7,17H,1H3,(H2,16,18). The van der Waals surface area contributed by atoms with Gasteiger partial charge in [0.1, 0.15) is 5.75 Å². The molecule has 2 aromatic carbocycles. The Labute approximate surface area is 109 Å². The molecule has 0 unspecified atom stereocenters. The number of ether oxygens (including phenoxy) is 1. The number of benzene rings is 2. The maximum absolute atomic E-state index is 13.3. The van der Waals surface area contributed by atoms with Gasteiger partial charge in [-0.2, -0.15) is 0 Å². The van der Waals surface area contributed by atoms with Crippen LogP contribution in [0.2, 0.25) is 0 Å². The summed E-state index contributed by atoms with van der Waals surface area (Å²) in [6.45, 7) is 0. The summed E-state index contributed by atoms with van der Waals surface area (Å²) in [5.41, 5.74) is 6.36. The lowest BCUT2D eigenvalue weighted by molar-refractivity contribution is 0.1000. The molecule has 0 aliphatic carbocycles. The predicted molar refractivity (Wildman–Crippen MR) is 68.6 cm³/mol. The van der Waals surface area contributed by atoms with Gasteiger partial charge in [0, 0.05) is 11.1 Å². The van der Waals surface area contributed by atoms with Gasteiger partial charge in [-0.3, -0.25) is 4.79 Å². The maximum atomic E-state index is 13.3. The number of nitrogens with two attached hydrogens (primary N) is 1. The first-order chi connectivity index (χ1) is 9.02. The molecule has 0 saturated heterocycles. The second kappa shape index (κ2) is 4.97. The van der Waals surface area contributed by atoms with E-state index >= 15 is 0 Å². The molecular weight excluding hydrogens is 249 g/mol. The van der Waals surface area contributed by atoms with Gasteiger partial charge in [-0.05, 0) is 35.9 Å². The van der Waals surface area contributed by atoms with E-state index in [0.29, 0.717) is 11.1 Å². The maximum Gasteiger partial charge on any atom is 0.248 e. The first kappa shape index (κ1) is 12.9. The molecule has 0 spiro atoms. The molecule has 0 heterocycles. The van der Waals surface area contributed by atoms with E-state index in [1.807, 2.05) is 0 Å². The highest BCUT2D eigenvalue weighted by Gasteiger charge is 2.10.